The monoisotopic (exact) mass is 410 g/mol. The van der Waals surface area contributed by atoms with Gasteiger partial charge in [-0.05, 0) is 24.5 Å². The lowest BCUT2D eigenvalue weighted by atomic mass is 10.0. The Morgan fingerprint density at radius 1 is 1.04 bits per heavy atom. The van der Waals surface area contributed by atoms with Gasteiger partial charge in [-0.1, -0.05) is 25.7 Å². The number of benzene rings is 1. The molecule has 0 N–H and O–H groups in total. The largest absolute Gasteiger partial charge is 0.493 e. The molecule has 0 bridgehead atoms. The fourth-order valence-corrected chi connectivity index (χ4v) is 5.53. The number of amides is 1. The van der Waals surface area contributed by atoms with Gasteiger partial charge in [0, 0.05) is 38.7 Å². The van der Waals surface area contributed by atoms with Crippen molar-refractivity contribution < 1.29 is 22.7 Å². The van der Waals surface area contributed by atoms with Gasteiger partial charge in [0.05, 0.1) is 19.1 Å². The van der Waals surface area contributed by atoms with E-state index in [1.54, 1.807) is 11.0 Å². The first-order valence-electron chi connectivity index (χ1n) is 9.95. The molecule has 1 amide bonds. The van der Waals surface area contributed by atoms with E-state index in [9.17, 15) is 13.2 Å². The average Bonchev–Trinajstić information content (AvgIpc) is 3.25. The van der Waals surface area contributed by atoms with E-state index in [4.69, 9.17) is 9.47 Å². The molecular weight excluding hydrogens is 380 g/mol. The van der Waals surface area contributed by atoms with Crippen LogP contribution in [-0.4, -0.2) is 63.9 Å². The van der Waals surface area contributed by atoms with Crippen LogP contribution in [0.3, 0.4) is 0 Å². The van der Waals surface area contributed by atoms with E-state index in [1.165, 1.54) is 56.3 Å². The van der Waals surface area contributed by atoms with Crippen LogP contribution < -0.4 is 9.47 Å². The molecule has 1 aliphatic heterocycles. The number of rotatable bonds is 7. The number of ether oxygens (including phenoxy) is 2. The summed E-state index contributed by atoms with van der Waals surface area (Å²) in [6.45, 7) is 1.50. The summed E-state index contributed by atoms with van der Waals surface area (Å²) in [5.74, 6) is 1.70. The molecule has 0 aromatic heterocycles. The number of sulfonamides is 1. The number of piperazine rings is 1. The maximum Gasteiger partial charge on any atom is 0.243 e. The van der Waals surface area contributed by atoms with Crippen molar-refractivity contribution in [1.82, 2.24) is 9.21 Å². The number of nitrogens with zero attached hydrogens (tertiary/aromatic N) is 2. The Morgan fingerprint density at radius 2 is 1.68 bits per heavy atom. The third-order valence-electron chi connectivity index (χ3n) is 5.83. The lowest BCUT2D eigenvalue weighted by molar-refractivity contribution is -0.132. The number of hydrogen-bond acceptors (Lipinski definition) is 5. The van der Waals surface area contributed by atoms with Crippen LogP contribution in [0.25, 0.3) is 0 Å². The molecule has 3 rings (SSSR count). The summed E-state index contributed by atoms with van der Waals surface area (Å²) < 4.78 is 37.7. The highest BCUT2D eigenvalue weighted by Gasteiger charge is 2.31. The predicted molar refractivity (Wildman–Crippen MR) is 106 cm³/mol. The highest BCUT2D eigenvalue weighted by Crippen LogP contribution is 2.31. The van der Waals surface area contributed by atoms with Gasteiger partial charge in [-0.3, -0.25) is 4.79 Å². The highest BCUT2D eigenvalue weighted by atomic mass is 32.2. The summed E-state index contributed by atoms with van der Waals surface area (Å²) in [7, 11) is -0.649. The third-order valence-corrected chi connectivity index (χ3v) is 7.72. The van der Waals surface area contributed by atoms with Crippen molar-refractivity contribution in [1.29, 1.82) is 0 Å². The minimum absolute atomic E-state index is 0.148. The van der Waals surface area contributed by atoms with Crippen LogP contribution in [0.2, 0.25) is 0 Å². The van der Waals surface area contributed by atoms with Crippen molar-refractivity contribution in [2.24, 2.45) is 5.92 Å². The van der Waals surface area contributed by atoms with Crippen LogP contribution in [0.1, 0.15) is 38.5 Å². The maximum atomic E-state index is 13.0. The van der Waals surface area contributed by atoms with Gasteiger partial charge in [0.15, 0.2) is 11.5 Å². The van der Waals surface area contributed by atoms with Gasteiger partial charge >= 0.3 is 0 Å². The van der Waals surface area contributed by atoms with Crippen molar-refractivity contribution >= 4 is 15.9 Å². The Morgan fingerprint density at radius 3 is 2.29 bits per heavy atom. The third kappa shape index (κ3) is 4.60. The van der Waals surface area contributed by atoms with Crippen LogP contribution in [0.15, 0.2) is 23.1 Å². The SMILES string of the molecule is COc1ccc(S(=O)(=O)N2CCN(C(=O)CCC3CCCC3)CC2)cc1OC. The Kier molecular flexibility index (Phi) is 6.82. The van der Waals surface area contributed by atoms with Gasteiger partial charge in [0.2, 0.25) is 15.9 Å². The van der Waals surface area contributed by atoms with Crippen LogP contribution in [0.4, 0.5) is 0 Å². The lowest BCUT2D eigenvalue weighted by Crippen LogP contribution is -2.50. The first-order valence-corrected chi connectivity index (χ1v) is 11.4. The molecule has 1 heterocycles. The molecule has 1 aromatic rings. The van der Waals surface area contributed by atoms with Crippen molar-refractivity contribution in [3.05, 3.63) is 18.2 Å². The molecule has 156 valence electrons. The first kappa shape index (κ1) is 20.9. The van der Waals surface area contributed by atoms with Crippen LogP contribution in [0, 0.1) is 5.92 Å². The number of carbonyl (C=O) groups is 1. The molecule has 1 saturated carbocycles. The Labute approximate surface area is 167 Å². The van der Waals surface area contributed by atoms with Crippen LogP contribution >= 0.6 is 0 Å². The normalized spacial score (nSPS) is 19.0. The van der Waals surface area contributed by atoms with E-state index >= 15 is 0 Å². The van der Waals surface area contributed by atoms with E-state index < -0.39 is 10.0 Å². The second-order valence-corrected chi connectivity index (χ2v) is 9.43. The molecule has 28 heavy (non-hydrogen) atoms. The quantitative estimate of drug-likeness (QED) is 0.690. The molecule has 0 unspecified atom stereocenters. The molecule has 1 saturated heterocycles. The Hall–Kier alpha value is -1.80. The molecule has 8 heteroatoms. The van der Waals surface area contributed by atoms with Gasteiger partial charge in [0.25, 0.3) is 0 Å². The molecule has 1 aromatic carbocycles. The van der Waals surface area contributed by atoms with Crippen molar-refractivity contribution in [2.45, 2.75) is 43.4 Å². The van der Waals surface area contributed by atoms with Gasteiger partial charge in [-0.25, -0.2) is 8.42 Å². The van der Waals surface area contributed by atoms with Gasteiger partial charge in [0.1, 0.15) is 0 Å². The van der Waals surface area contributed by atoms with E-state index in [-0.39, 0.29) is 10.8 Å². The highest BCUT2D eigenvalue weighted by molar-refractivity contribution is 7.89. The molecule has 2 fully saturated rings. The summed E-state index contributed by atoms with van der Waals surface area (Å²) in [6.07, 6.45) is 6.59. The Bertz CT molecular complexity index is 782. The molecule has 1 aliphatic carbocycles. The van der Waals surface area contributed by atoms with Crippen molar-refractivity contribution in [3.63, 3.8) is 0 Å². The zero-order valence-electron chi connectivity index (χ0n) is 16.7. The summed E-state index contributed by atoms with van der Waals surface area (Å²) in [5.41, 5.74) is 0. The van der Waals surface area contributed by atoms with Gasteiger partial charge in [-0.2, -0.15) is 4.31 Å². The predicted octanol–water partition coefficient (Wildman–Crippen LogP) is 2.51. The Balaban J connectivity index is 1.58. The second kappa shape index (κ2) is 9.13. The van der Waals surface area contributed by atoms with E-state index in [0.29, 0.717) is 50.0 Å². The van der Waals surface area contributed by atoms with E-state index in [1.807, 2.05) is 0 Å². The standard InChI is InChI=1S/C20H30N2O5S/c1-26-18-9-8-17(15-19(18)27-2)28(24,25)22-13-11-21(12-14-22)20(23)10-7-16-5-3-4-6-16/h8-9,15-16H,3-7,10-14H2,1-2H3. The summed E-state index contributed by atoms with van der Waals surface area (Å²) in [5, 5.41) is 0. The number of carbonyl (C=O) groups excluding carboxylic acids is 1. The first-order chi connectivity index (χ1) is 13.5. The number of hydrogen-bond donors (Lipinski definition) is 0. The van der Waals surface area contributed by atoms with E-state index in [0.717, 1.165) is 6.42 Å². The van der Waals surface area contributed by atoms with Crippen molar-refractivity contribution in [3.8, 4) is 11.5 Å². The average molecular weight is 411 g/mol. The summed E-state index contributed by atoms with van der Waals surface area (Å²) >= 11 is 0. The zero-order valence-corrected chi connectivity index (χ0v) is 17.5. The molecule has 2 aliphatic rings. The van der Waals surface area contributed by atoms with Crippen molar-refractivity contribution in [2.75, 3.05) is 40.4 Å². The minimum atomic E-state index is -3.63. The second-order valence-electron chi connectivity index (χ2n) is 7.49. The maximum absolute atomic E-state index is 13.0. The molecular formula is C20H30N2O5S. The molecule has 0 radical (unpaired) electrons. The summed E-state index contributed by atoms with van der Waals surface area (Å²) in [4.78, 5) is 14.4. The number of methoxy groups -OCH3 is 2. The minimum Gasteiger partial charge on any atom is -0.493 e. The van der Waals surface area contributed by atoms with Crippen LogP contribution in [-0.2, 0) is 14.8 Å². The lowest BCUT2D eigenvalue weighted by Gasteiger charge is -2.34. The van der Waals surface area contributed by atoms with Gasteiger partial charge in [-0.15, -0.1) is 0 Å². The molecule has 7 nitrogen and oxygen atoms in total. The van der Waals surface area contributed by atoms with Gasteiger partial charge < -0.3 is 14.4 Å². The van der Waals surface area contributed by atoms with Crippen LogP contribution in [0.5, 0.6) is 11.5 Å². The van der Waals surface area contributed by atoms with E-state index in [2.05, 4.69) is 0 Å². The fourth-order valence-electron chi connectivity index (χ4n) is 4.09. The smallest absolute Gasteiger partial charge is 0.243 e. The topological polar surface area (TPSA) is 76.2 Å². The molecule has 0 atom stereocenters. The zero-order chi connectivity index (χ0) is 20.1. The molecule has 0 spiro atoms. The summed E-state index contributed by atoms with van der Waals surface area (Å²) in [6, 6.07) is 4.59. The fraction of sp³-hybridized carbons (Fsp3) is 0.650.